The minimum Gasteiger partial charge on any atom is -0.309 e. The van der Waals surface area contributed by atoms with Gasteiger partial charge < -0.3 is 4.57 Å². The molecule has 0 saturated heterocycles. The van der Waals surface area contributed by atoms with E-state index in [0.717, 1.165) is 4.47 Å². The van der Waals surface area contributed by atoms with E-state index in [4.69, 9.17) is 0 Å². The summed E-state index contributed by atoms with van der Waals surface area (Å²) in [6, 6.07) is 52.1. The predicted octanol–water partition coefficient (Wildman–Crippen LogP) is 10.5. The summed E-state index contributed by atoms with van der Waals surface area (Å²) < 4.78 is 3.52. The Kier molecular flexibility index (Phi) is 5.68. The molecule has 0 fully saturated rings. The molecule has 7 rings (SSSR count). The van der Waals surface area contributed by atoms with E-state index in [9.17, 15) is 0 Å². The molecule has 7 aromatic rings. The van der Waals surface area contributed by atoms with Crippen molar-refractivity contribution >= 4 is 37.7 Å². The maximum atomic E-state index is 3.75. The Morgan fingerprint density at radius 3 is 1.79 bits per heavy atom. The Balaban J connectivity index is 1.45. The van der Waals surface area contributed by atoms with Crippen LogP contribution in [0.15, 0.2) is 150 Å². The Labute approximate surface area is 230 Å². The number of aromatic nitrogens is 1. The van der Waals surface area contributed by atoms with Gasteiger partial charge in [0.2, 0.25) is 0 Å². The van der Waals surface area contributed by atoms with Crippen molar-refractivity contribution in [2.24, 2.45) is 0 Å². The SMILES string of the molecule is Brc1ccccc1-c1ccc2c3ccccc3n(-c3ccccc3-c3ccc(-c4ccccc4)cc3)c2c1. The average Bonchev–Trinajstić information content (AvgIpc) is 3.31. The van der Waals surface area contributed by atoms with Crippen LogP contribution in [0, 0.1) is 0 Å². The first-order chi connectivity index (χ1) is 18.8. The van der Waals surface area contributed by atoms with Crippen molar-refractivity contribution in [3.8, 4) is 39.1 Å². The third-order valence-electron chi connectivity index (χ3n) is 7.31. The molecule has 0 radical (unpaired) electrons. The molecule has 1 nitrogen and oxygen atoms in total. The average molecular weight is 550 g/mol. The molecule has 0 amide bonds. The maximum Gasteiger partial charge on any atom is 0.0547 e. The van der Waals surface area contributed by atoms with Crippen LogP contribution in [0.4, 0.5) is 0 Å². The van der Waals surface area contributed by atoms with E-state index in [1.807, 2.05) is 0 Å². The molecule has 38 heavy (non-hydrogen) atoms. The lowest BCUT2D eigenvalue weighted by Gasteiger charge is -2.15. The standard InChI is InChI=1S/C36H24BrN/c37-33-15-7-4-12-29(33)28-22-23-32-31-14-6-9-17-35(31)38(36(32)24-28)34-16-8-5-13-30(34)27-20-18-26(19-21-27)25-10-2-1-3-11-25/h1-24H. The zero-order valence-electron chi connectivity index (χ0n) is 20.7. The second-order valence-corrected chi connectivity index (χ2v) is 10.4. The Morgan fingerprint density at radius 1 is 0.395 bits per heavy atom. The van der Waals surface area contributed by atoms with Gasteiger partial charge in [-0.2, -0.15) is 0 Å². The number of para-hydroxylation sites is 2. The summed E-state index contributed by atoms with van der Waals surface area (Å²) in [7, 11) is 0. The summed E-state index contributed by atoms with van der Waals surface area (Å²) in [4.78, 5) is 0. The molecule has 0 bridgehead atoms. The molecule has 1 aromatic heterocycles. The van der Waals surface area contributed by atoms with Crippen molar-refractivity contribution in [1.29, 1.82) is 0 Å². The van der Waals surface area contributed by atoms with Crippen molar-refractivity contribution in [3.05, 3.63) is 150 Å². The molecule has 0 aliphatic carbocycles. The number of hydrogen-bond acceptors (Lipinski definition) is 0. The van der Waals surface area contributed by atoms with Crippen molar-refractivity contribution < 1.29 is 0 Å². The van der Waals surface area contributed by atoms with Gasteiger partial charge >= 0.3 is 0 Å². The number of benzene rings is 6. The zero-order chi connectivity index (χ0) is 25.5. The lowest BCUT2D eigenvalue weighted by Crippen LogP contribution is -1.97. The van der Waals surface area contributed by atoms with Crippen LogP contribution in [-0.4, -0.2) is 4.57 Å². The van der Waals surface area contributed by atoms with Gasteiger partial charge in [0.25, 0.3) is 0 Å². The van der Waals surface area contributed by atoms with Gasteiger partial charge in [0, 0.05) is 20.8 Å². The smallest absolute Gasteiger partial charge is 0.0547 e. The summed E-state index contributed by atoms with van der Waals surface area (Å²) in [6.07, 6.45) is 0. The van der Waals surface area contributed by atoms with Crippen LogP contribution in [0.25, 0.3) is 60.9 Å². The van der Waals surface area contributed by atoms with E-state index in [0.29, 0.717) is 0 Å². The van der Waals surface area contributed by atoms with Gasteiger partial charge in [-0.1, -0.05) is 137 Å². The number of fused-ring (bicyclic) bond motifs is 3. The molecule has 180 valence electrons. The third-order valence-corrected chi connectivity index (χ3v) is 8.00. The number of hydrogen-bond donors (Lipinski definition) is 0. The molecule has 0 unspecified atom stereocenters. The summed E-state index contributed by atoms with van der Waals surface area (Å²) in [5.41, 5.74) is 10.8. The quantitative estimate of drug-likeness (QED) is 0.205. The fourth-order valence-corrected chi connectivity index (χ4v) is 5.99. The molecule has 6 aromatic carbocycles. The molecule has 0 aliphatic rings. The zero-order valence-corrected chi connectivity index (χ0v) is 22.3. The molecule has 0 spiro atoms. The largest absolute Gasteiger partial charge is 0.309 e. The summed E-state index contributed by atoms with van der Waals surface area (Å²) in [6.45, 7) is 0. The Bertz CT molecular complexity index is 1910. The molecule has 0 aliphatic heterocycles. The second kappa shape index (κ2) is 9.48. The highest BCUT2D eigenvalue weighted by Crippen LogP contribution is 2.39. The molecule has 0 atom stereocenters. The first kappa shape index (κ1) is 22.8. The van der Waals surface area contributed by atoms with Gasteiger partial charge in [0.05, 0.1) is 16.7 Å². The Hall–Kier alpha value is -4.40. The van der Waals surface area contributed by atoms with Crippen LogP contribution in [0.5, 0.6) is 0 Å². The number of halogens is 1. The van der Waals surface area contributed by atoms with E-state index in [1.165, 1.54) is 60.9 Å². The monoisotopic (exact) mass is 549 g/mol. The molecule has 0 saturated carbocycles. The molecule has 0 N–H and O–H groups in total. The van der Waals surface area contributed by atoms with Gasteiger partial charge in [-0.05, 0) is 52.1 Å². The molecule has 1 heterocycles. The van der Waals surface area contributed by atoms with E-state index < -0.39 is 0 Å². The van der Waals surface area contributed by atoms with Crippen LogP contribution < -0.4 is 0 Å². The first-order valence-corrected chi connectivity index (χ1v) is 13.6. The number of nitrogens with zero attached hydrogens (tertiary/aromatic N) is 1. The molecular weight excluding hydrogens is 526 g/mol. The second-order valence-electron chi connectivity index (χ2n) is 9.52. The lowest BCUT2D eigenvalue weighted by atomic mass is 9.99. The van der Waals surface area contributed by atoms with Crippen molar-refractivity contribution in [2.75, 3.05) is 0 Å². The van der Waals surface area contributed by atoms with Crippen LogP contribution >= 0.6 is 15.9 Å². The maximum absolute atomic E-state index is 3.75. The predicted molar refractivity (Wildman–Crippen MR) is 165 cm³/mol. The van der Waals surface area contributed by atoms with E-state index in [1.54, 1.807) is 0 Å². The minimum absolute atomic E-state index is 1.10. The van der Waals surface area contributed by atoms with E-state index in [2.05, 4.69) is 166 Å². The van der Waals surface area contributed by atoms with Crippen molar-refractivity contribution in [3.63, 3.8) is 0 Å². The minimum atomic E-state index is 1.10. The van der Waals surface area contributed by atoms with Crippen molar-refractivity contribution in [1.82, 2.24) is 4.57 Å². The van der Waals surface area contributed by atoms with Crippen LogP contribution in [0.3, 0.4) is 0 Å². The van der Waals surface area contributed by atoms with Crippen LogP contribution in [0.2, 0.25) is 0 Å². The summed E-state index contributed by atoms with van der Waals surface area (Å²) in [5.74, 6) is 0. The summed E-state index contributed by atoms with van der Waals surface area (Å²) in [5, 5.41) is 2.51. The molecule has 2 heteroatoms. The highest BCUT2D eigenvalue weighted by atomic mass is 79.9. The Morgan fingerprint density at radius 2 is 0.974 bits per heavy atom. The highest BCUT2D eigenvalue weighted by Gasteiger charge is 2.16. The van der Waals surface area contributed by atoms with Gasteiger partial charge in [0.15, 0.2) is 0 Å². The fraction of sp³-hybridized carbons (Fsp3) is 0. The molecular formula is C36H24BrN. The van der Waals surface area contributed by atoms with Gasteiger partial charge in [-0.15, -0.1) is 0 Å². The van der Waals surface area contributed by atoms with Crippen LogP contribution in [-0.2, 0) is 0 Å². The normalized spacial score (nSPS) is 11.3. The number of rotatable bonds is 4. The fourth-order valence-electron chi connectivity index (χ4n) is 5.48. The summed E-state index contributed by atoms with van der Waals surface area (Å²) >= 11 is 3.75. The van der Waals surface area contributed by atoms with E-state index >= 15 is 0 Å². The van der Waals surface area contributed by atoms with E-state index in [-0.39, 0.29) is 0 Å². The van der Waals surface area contributed by atoms with Gasteiger partial charge in [0.1, 0.15) is 0 Å². The van der Waals surface area contributed by atoms with Crippen LogP contribution in [0.1, 0.15) is 0 Å². The lowest BCUT2D eigenvalue weighted by molar-refractivity contribution is 1.18. The van der Waals surface area contributed by atoms with Gasteiger partial charge in [-0.3, -0.25) is 0 Å². The van der Waals surface area contributed by atoms with Gasteiger partial charge in [-0.25, -0.2) is 0 Å². The topological polar surface area (TPSA) is 4.93 Å². The highest BCUT2D eigenvalue weighted by molar-refractivity contribution is 9.10. The van der Waals surface area contributed by atoms with Crippen molar-refractivity contribution in [2.45, 2.75) is 0 Å². The third kappa shape index (κ3) is 3.86. The first-order valence-electron chi connectivity index (χ1n) is 12.8.